The molecule has 0 spiro atoms. The second kappa shape index (κ2) is 6.95. The SMILES string of the molecule is Cc1cnc(CNC(=O)NCc2ccc(F)cc2C(F)(F)F)s1. The first-order valence-corrected chi connectivity index (χ1v) is 7.36. The highest BCUT2D eigenvalue weighted by Crippen LogP contribution is 2.32. The molecular formula is C14H13F4N3OS. The van der Waals surface area contributed by atoms with Gasteiger partial charge in [-0.05, 0) is 24.6 Å². The van der Waals surface area contributed by atoms with E-state index in [0.717, 1.165) is 17.0 Å². The molecule has 0 saturated heterocycles. The Kier molecular flexibility index (Phi) is 5.19. The maximum Gasteiger partial charge on any atom is 0.416 e. The molecular weight excluding hydrogens is 334 g/mol. The molecule has 124 valence electrons. The highest BCUT2D eigenvalue weighted by molar-refractivity contribution is 7.11. The number of amides is 2. The molecule has 0 aliphatic rings. The van der Waals surface area contributed by atoms with Crippen LogP contribution in [0.4, 0.5) is 22.4 Å². The fourth-order valence-corrected chi connectivity index (χ4v) is 2.57. The van der Waals surface area contributed by atoms with Gasteiger partial charge in [-0.2, -0.15) is 13.2 Å². The molecule has 2 aromatic rings. The molecule has 2 amide bonds. The van der Waals surface area contributed by atoms with Gasteiger partial charge in [0.1, 0.15) is 10.8 Å². The average molecular weight is 347 g/mol. The van der Waals surface area contributed by atoms with Gasteiger partial charge in [0.2, 0.25) is 0 Å². The van der Waals surface area contributed by atoms with Gasteiger partial charge in [0, 0.05) is 17.6 Å². The van der Waals surface area contributed by atoms with Crippen molar-refractivity contribution >= 4 is 17.4 Å². The summed E-state index contributed by atoms with van der Waals surface area (Å²) in [4.78, 5) is 16.7. The Morgan fingerprint density at radius 1 is 1.26 bits per heavy atom. The molecule has 0 unspecified atom stereocenters. The maximum atomic E-state index is 13.0. The van der Waals surface area contributed by atoms with E-state index >= 15 is 0 Å². The van der Waals surface area contributed by atoms with E-state index in [-0.39, 0.29) is 18.7 Å². The summed E-state index contributed by atoms with van der Waals surface area (Å²) < 4.78 is 51.4. The summed E-state index contributed by atoms with van der Waals surface area (Å²) in [6, 6.07) is 1.70. The molecule has 23 heavy (non-hydrogen) atoms. The van der Waals surface area contributed by atoms with Gasteiger partial charge in [0.15, 0.2) is 0 Å². The van der Waals surface area contributed by atoms with Crippen molar-refractivity contribution in [3.05, 3.63) is 51.2 Å². The number of nitrogens with zero attached hydrogens (tertiary/aromatic N) is 1. The zero-order valence-electron chi connectivity index (χ0n) is 12.0. The van der Waals surface area contributed by atoms with Crippen LogP contribution in [0.1, 0.15) is 21.0 Å². The molecule has 2 rings (SSSR count). The predicted molar refractivity (Wildman–Crippen MR) is 77.3 cm³/mol. The normalized spacial score (nSPS) is 11.3. The van der Waals surface area contributed by atoms with E-state index in [0.29, 0.717) is 11.1 Å². The van der Waals surface area contributed by atoms with Crippen LogP contribution in [-0.4, -0.2) is 11.0 Å². The van der Waals surface area contributed by atoms with Crippen molar-refractivity contribution in [2.75, 3.05) is 0 Å². The maximum absolute atomic E-state index is 13.0. The third-order valence-electron chi connectivity index (χ3n) is 2.89. The lowest BCUT2D eigenvalue weighted by Crippen LogP contribution is -2.35. The lowest BCUT2D eigenvalue weighted by Gasteiger charge is -2.13. The number of urea groups is 1. The Morgan fingerprint density at radius 3 is 2.57 bits per heavy atom. The van der Waals surface area contributed by atoms with Crippen molar-refractivity contribution in [2.24, 2.45) is 0 Å². The molecule has 4 nitrogen and oxygen atoms in total. The number of thiazole rings is 1. The van der Waals surface area contributed by atoms with Crippen LogP contribution in [-0.2, 0) is 19.3 Å². The molecule has 0 bridgehead atoms. The standard InChI is InChI=1S/C14H13F4N3OS/c1-8-5-19-12(23-8)7-21-13(22)20-6-9-2-3-10(15)4-11(9)14(16,17)18/h2-5H,6-7H2,1H3,(H2,20,21,22). The average Bonchev–Trinajstić information content (AvgIpc) is 2.88. The third kappa shape index (κ3) is 4.92. The van der Waals surface area contributed by atoms with Gasteiger partial charge in [0.05, 0.1) is 12.1 Å². The summed E-state index contributed by atoms with van der Waals surface area (Å²) in [6.45, 7) is 1.69. The first-order chi connectivity index (χ1) is 10.8. The van der Waals surface area contributed by atoms with Crippen LogP contribution >= 0.6 is 11.3 Å². The van der Waals surface area contributed by atoms with E-state index in [2.05, 4.69) is 15.6 Å². The summed E-state index contributed by atoms with van der Waals surface area (Å²) in [5, 5.41) is 5.50. The Morgan fingerprint density at radius 2 is 1.96 bits per heavy atom. The Bertz CT molecular complexity index is 700. The van der Waals surface area contributed by atoms with Gasteiger partial charge >= 0.3 is 12.2 Å². The summed E-state index contributed by atoms with van der Waals surface area (Å²) in [5.41, 5.74) is -1.31. The molecule has 1 aromatic carbocycles. The van der Waals surface area contributed by atoms with Crippen molar-refractivity contribution < 1.29 is 22.4 Å². The summed E-state index contributed by atoms with van der Waals surface area (Å²) in [5.74, 6) is -0.982. The van der Waals surface area contributed by atoms with E-state index in [1.807, 2.05) is 6.92 Å². The van der Waals surface area contributed by atoms with E-state index in [1.165, 1.54) is 11.3 Å². The molecule has 0 radical (unpaired) electrons. The van der Waals surface area contributed by atoms with Gasteiger partial charge in [-0.15, -0.1) is 11.3 Å². The van der Waals surface area contributed by atoms with Crippen molar-refractivity contribution in [3.63, 3.8) is 0 Å². The summed E-state index contributed by atoms with van der Waals surface area (Å²) in [7, 11) is 0. The first kappa shape index (κ1) is 17.2. The largest absolute Gasteiger partial charge is 0.416 e. The fourth-order valence-electron chi connectivity index (χ4n) is 1.84. The molecule has 1 aromatic heterocycles. The second-order valence-corrected chi connectivity index (χ2v) is 6.02. The minimum absolute atomic E-state index is 0.180. The van der Waals surface area contributed by atoms with Gasteiger partial charge < -0.3 is 10.6 Å². The highest BCUT2D eigenvalue weighted by atomic mass is 32.1. The number of nitrogens with one attached hydrogen (secondary N) is 2. The van der Waals surface area contributed by atoms with Gasteiger partial charge in [-0.1, -0.05) is 6.07 Å². The molecule has 0 atom stereocenters. The zero-order valence-corrected chi connectivity index (χ0v) is 12.8. The van der Waals surface area contributed by atoms with Crippen molar-refractivity contribution in [1.82, 2.24) is 15.6 Å². The lowest BCUT2D eigenvalue weighted by molar-refractivity contribution is -0.138. The number of alkyl halides is 3. The topological polar surface area (TPSA) is 54.0 Å². The van der Waals surface area contributed by atoms with Gasteiger partial charge in [-0.3, -0.25) is 0 Å². The molecule has 9 heteroatoms. The van der Waals surface area contributed by atoms with E-state index in [4.69, 9.17) is 0 Å². The summed E-state index contributed by atoms with van der Waals surface area (Å²) >= 11 is 1.41. The van der Waals surface area contributed by atoms with Gasteiger partial charge in [0.25, 0.3) is 0 Å². The minimum atomic E-state index is -4.69. The van der Waals surface area contributed by atoms with Gasteiger partial charge in [-0.25, -0.2) is 14.2 Å². The smallest absolute Gasteiger partial charge is 0.334 e. The van der Waals surface area contributed by atoms with Crippen LogP contribution in [0.5, 0.6) is 0 Å². The van der Waals surface area contributed by atoms with Crippen LogP contribution < -0.4 is 10.6 Å². The van der Waals surface area contributed by atoms with Crippen LogP contribution in [0.3, 0.4) is 0 Å². The molecule has 0 fully saturated rings. The number of hydrogen-bond donors (Lipinski definition) is 2. The number of benzene rings is 1. The Hall–Kier alpha value is -2.16. The number of halogens is 4. The molecule has 0 aliphatic carbocycles. The number of aromatic nitrogens is 1. The van der Waals surface area contributed by atoms with Crippen molar-refractivity contribution in [2.45, 2.75) is 26.2 Å². The Labute approximate surface area is 133 Å². The number of hydrogen-bond acceptors (Lipinski definition) is 3. The third-order valence-corrected chi connectivity index (χ3v) is 3.80. The second-order valence-electron chi connectivity index (χ2n) is 4.70. The lowest BCUT2D eigenvalue weighted by atomic mass is 10.1. The predicted octanol–water partition coefficient (Wildman–Crippen LogP) is 3.61. The molecule has 2 N–H and O–H groups in total. The highest BCUT2D eigenvalue weighted by Gasteiger charge is 2.33. The van der Waals surface area contributed by atoms with Crippen LogP contribution in [0.15, 0.2) is 24.4 Å². The van der Waals surface area contributed by atoms with Crippen molar-refractivity contribution in [3.8, 4) is 0 Å². The van der Waals surface area contributed by atoms with E-state index in [1.54, 1.807) is 6.20 Å². The number of aryl methyl sites for hydroxylation is 1. The molecule has 0 saturated carbocycles. The van der Waals surface area contributed by atoms with Crippen LogP contribution in [0.2, 0.25) is 0 Å². The fraction of sp³-hybridized carbons (Fsp3) is 0.286. The number of carbonyl (C=O) groups is 1. The van der Waals surface area contributed by atoms with E-state index < -0.39 is 23.6 Å². The van der Waals surface area contributed by atoms with Crippen molar-refractivity contribution in [1.29, 1.82) is 0 Å². The molecule has 1 heterocycles. The summed E-state index contributed by atoms with van der Waals surface area (Å²) in [6.07, 6.45) is -3.03. The zero-order chi connectivity index (χ0) is 17.0. The van der Waals surface area contributed by atoms with Crippen LogP contribution in [0.25, 0.3) is 0 Å². The van der Waals surface area contributed by atoms with E-state index in [9.17, 15) is 22.4 Å². The monoisotopic (exact) mass is 347 g/mol. The molecule has 0 aliphatic heterocycles. The minimum Gasteiger partial charge on any atom is -0.334 e. The number of carbonyl (C=O) groups excluding carboxylic acids is 1. The quantitative estimate of drug-likeness (QED) is 0.830. The Balaban J connectivity index is 1.94. The number of rotatable bonds is 4. The first-order valence-electron chi connectivity index (χ1n) is 6.54. The van der Waals surface area contributed by atoms with Crippen LogP contribution in [0, 0.1) is 12.7 Å².